The van der Waals surface area contributed by atoms with E-state index in [9.17, 15) is 0 Å². The number of hydrogen-bond acceptors (Lipinski definition) is 2. The van der Waals surface area contributed by atoms with Gasteiger partial charge in [0, 0.05) is 30.7 Å². The third-order valence-electron chi connectivity index (χ3n) is 3.26. The van der Waals surface area contributed by atoms with E-state index in [4.69, 9.17) is 4.74 Å². The number of rotatable bonds is 2. The van der Waals surface area contributed by atoms with Gasteiger partial charge in [0.1, 0.15) is 17.7 Å². The molecule has 1 aliphatic rings. The fourth-order valence-electron chi connectivity index (χ4n) is 2.32. The molecule has 0 radical (unpaired) electrons. The van der Waals surface area contributed by atoms with E-state index in [0.717, 1.165) is 27.5 Å². The molecule has 0 amide bonds. The first kappa shape index (κ1) is 11.6. The Kier molecular flexibility index (Phi) is 2.86. The lowest BCUT2D eigenvalue weighted by Crippen LogP contribution is -2.31. The average Bonchev–Trinajstić information content (AvgIpc) is 2.47. The third kappa shape index (κ3) is 2.03. The van der Waals surface area contributed by atoms with E-state index < -0.39 is 0 Å². The minimum Gasteiger partial charge on any atom is -0.495 e. The van der Waals surface area contributed by atoms with Crippen LogP contribution >= 0.6 is 0 Å². The van der Waals surface area contributed by atoms with Gasteiger partial charge >= 0.3 is 0 Å². The first-order valence-corrected chi connectivity index (χ1v) is 6.21. The van der Waals surface area contributed by atoms with Crippen molar-refractivity contribution in [1.29, 1.82) is 0 Å². The van der Waals surface area contributed by atoms with E-state index in [1.807, 2.05) is 43.3 Å². The number of hydrogen-bond donors (Lipinski definition) is 0. The predicted octanol–water partition coefficient (Wildman–Crippen LogP) is 1.98. The summed E-state index contributed by atoms with van der Waals surface area (Å²) in [7, 11) is 1.68. The van der Waals surface area contributed by atoms with Crippen LogP contribution in [-0.4, -0.2) is 12.8 Å². The van der Waals surface area contributed by atoms with Gasteiger partial charge in [0.05, 0.1) is 17.9 Å². The summed E-state index contributed by atoms with van der Waals surface area (Å²) in [6, 6.07) is 16.3. The molecule has 0 saturated heterocycles. The highest BCUT2D eigenvalue weighted by Gasteiger charge is 2.17. The fourth-order valence-corrected chi connectivity index (χ4v) is 2.32. The fraction of sp³-hybridized carbons (Fsp3) is 0.118. The Morgan fingerprint density at radius 2 is 1.84 bits per heavy atom. The maximum atomic E-state index is 5.32. The normalized spacial score (nSPS) is 12.9. The quantitative estimate of drug-likeness (QED) is 0.745. The van der Waals surface area contributed by atoms with Crippen LogP contribution in [0, 0.1) is 0 Å². The summed E-state index contributed by atoms with van der Waals surface area (Å²) in [5, 5.41) is 2.13. The smallest absolute Gasteiger partial charge is 0.176 e. The van der Waals surface area contributed by atoms with Crippen molar-refractivity contribution in [2.24, 2.45) is 4.99 Å². The molecule has 0 N–H and O–H groups in total. The summed E-state index contributed by atoms with van der Waals surface area (Å²) in [4.78, 5) is 4.37. The van der Waals surface area contributed by atoms with Crippen LogP contribution in [0.4, 0.5) is 0 Å². The number of fused-ring (bicyclic) bond motifs is 1. The molecule has 2 nitrogen and oxygen atoms in total. The minimum atomic E-state index is 0.851. The molecular weight excluding hydrogens is 234 g/mol. The molecule has 0 atom stereocenters. The molecule has 3 rings (SSSR count). The van der Waals surface area contributed by atoms with Crippen molar-refractivity contribution in [3.8, 4) is 5.75 Å². The molecule has 2 heteroatoms. The topological polar surface area (TPSA) is 21.6 Å². The third-order valence-corrected chi connectivity index (χ3v) is 3.26. The SMILES string of the molecule is COc1ccc2c(c1)=C(c1ccccc1)C(C)=N[C+]=2. The van der Waals surface area contributed by atoms with Gasteiger partial charge in [-0.25, -0.2) is 0 Å². The Bertz CT molecular complexity index is 758. The predicted molar refractivity (Wildman–Crippen MR) is 77.7 cm³/mol. The zero-order valence-corrected chi connectivity index (χ0v) is 11.0. The first-order chi connectivity index (χ1) is 9.29. The van der Waals surface area contributed by atoms with Crippen molar-refractivity contribution in [3.63, 3.8) is 0 Å². The van der Waals surface area contributed by atoms with Crippen molar-refractivity contribution >= 4 is 17.5 Å². The van der Waals surface area contributed by atoms with Crippen molar-refractivity contribution in [1.82, 2.24) is 0 Å². The lowest BCUT2D eigenvalue weighted by Gasteiger charge is -2.05. The molecule has 0 bridgehead atoms. The largest absolute Gasteiger partial charge is 0.495 e. The first-order valence-electron chi connectivity index (χ1n) is 6.21. The molecule has 0 aromatic heterocycles. The summed E-state index contributed by atoms with van der Waals surface area (Å²) in [5.74, 6) is 0.851. The van der Waals surface area contributed by atoms with Gasteiger partial charge in [-0.2, -0.15) is 0 Å². The van der Waals surface area contributed by atoms with Crippen LogP contribution in [0.15, 0.2) is 53.5 Å². The van der Waals surface area contributed by atoms with Gasteiger partial charge in [-0.05, 0) is 0 Å². The van der Waals surface area contributed by atoms with Gasteiger partial charge in [-0.15, -0.1) is 4.99 Å². The Morgan fingerprint density at radius 1 is 1.05 bits per heavy atom. The van der Waals surface area contributed by atoms with Gasteiger partial charge in [0.15, 0.2) is 5.22 Å². The second-order valence-corrected chi connectivity index (χ2v) is 4.46. The Balaban J connectivity index is 2.38. The number of ether oxygens (including phenoxy) is 1. The zero-order valence-electron chi connectivity index (χ0n) is 11.0. The molecule has 2 aromatic carbocycles. The van der Waals surface area contributed by atoms with Crippen LogP contribution in [0.3, 0.4) is 0 Å². The second-order valence-electron chi connectivity index (χ2n) is 4.46. The molecule has 2 aromatic rings. The molecule has 1 aliphatic heterocycles. The number of benzene rings is 2. The van der Waals surface area contributed by atoms with Crippen LogP contribution < -0.4 is 15.2 Å². The highest BCUT2D eigenvalue weighted by molar-refractivity contribution is 6.23. The number of nitrogens with zero attached hydrogens (tertiary/aromatic N) is 1. The summed E-state index contributed by atoms with van der Waals surface area (Å²) < 4.78 is 5.32. The summed E-state index contributed by atoms with van der Waals surface area (Å²) in [6.45, 7) is 2.01. The molecule has 92 valence electrons. The van der Waals surface area contributed by atoms with E-state index >= 15 is 0 Å². The van der Waals surface area contributed by atoms with Crippen LogP contribution in [0.5, 0.6) is 5.75 Å². The monoisotopic (exact) mass is 248 g/mol. The maximum absolute atomic E-state index is 5.32. The standard InChI is InChI=1S/C17H14NO/c1-12-17(13-6-4-3-5-7-13)16-10-15(19-2)9-8-14(16)11-18-12/h3-10H,1-2H3/q+1. The summed E-state index contributed by atoms with van der Waals surface area (Å²) in [6.07, 6.45) is 3.07. The van der Waals surface area contributed by atoms with Crippen molar-refractivity contribution in [2.75, 3.05) is 7.11 Å². The summed E-state index contributed by atoms with van der Waals surface area (Å²) >= 11 is 0. The molecule has 19 heavy (non-hydrogen) atoms. The average molecular weight is 248 g/mol. The molecule has 0 saturated carbocycles. The van der Waals surface area contributed by atoms with Crippen LogP contribution in [0.1, 0.15) is 12.5 Å². The minimum absolute atomic E-state index is 0.851. The van der Waals surface area contributed by atoms with E-state index in [1.54, 1.807) is 7.11 Å². The molecule has 1 heterocycles. The van der Waals surface area contributed by atoms with Gasteiger partial charge in [0.2, 0.25) is 0 Å². The number of methoxy groups -OCH3 is 1. The van der Waals surface area contributed by atoms with Crippen LogP contribution in [0.25, 0.3) is 11.8 Å². The Hall–Kier alpha value is -2.44. The highest BCUT2D eigenvalue weighted by Crippen LogP contribution is 2.15. The van der Waals surface area contributed by atoms with Gasteiger partial charge in [-0.3, -0.25) is 0 Å². The van der Waals surface area contributed by atoms with Crippen LogP contribution in [0.2, 0.25) is 0 Å². The Labute approximate surface area is 112 Å². The molecule has 0 unspecified atom stereocenters. The Morgan fingerprint density at radius 3 is 2.58 bits per heavy atom. The molecule has 0 spiro atoms. The summed E-state index contributed by atoms with van der Waals surface area (Å²) in [5.41, 5.74) is 3.29. The van der Waals surface area contributed by atoms with Gasteiger partial charge < -0.3 is 4.74 Å². The van der Waals surface area contributed by atoms with E-state index in [2.05, 4.69) is 23.3 Å². The zero-order chi connectivity index (χ0) is 13.2. The van der Waals surface area contributed by atoms with E-state index in [1.165, 1.54) is 5.56 Å². The lowest BCUT2D eigenvalue weighted by atomic mass is 9.97. The van der Waals surface area contributed by atoms with Crippen molar-refractivity contribution in [2.45, 2.75) is 6.92 Å². The molecule has 0 aliphatic carbocycles. The van der Waals surface area contributed by atoms with Crippen LogP contribution in [-0.2, 0) is 0 Å². The van der Waals surface area contributed by atoms with Gasteiger partial charge in [-0.1, -0.05) is 30.3 Å². The highest BCUT2D eigenvalue weighted by atomic mass is 16.5. The molecule has 0 fully saturated rings. The second kappa shape index (κ2) is 4.68. The lowest BCUT2D eigenvalue weighted by molar-refractivity contribution is 0.414. The molecular formula is C17H14NO+. The van der Waals surface area contributed by atoms with Crippen molar-refractivity contribution < 1.29 is 4.74 Å². The number of aliphatic imine (C=N–C) groups is 1. The van der Waals surface area contributed by atoms with Gasteiger partial charge in [0.25, 0.3) is 0 Å². The van der Waals surface area contributed by atoms with E-state index in [-0.39, 0.29) is 0 Å². The van der Waals surface area contributed by atoms with E-state index in [0.29, 0.717) is 0 Å². The van der Waals surface area contributed by atoms with Crippen molar-refractivity contribution in [3.05, 3.63) is 64.5 Å². The maximum Gasteiger partial charge on any atom is 0.176 e.